The summed E-state index contributed by atoms with van der Waals surface area (Å²) in [5, 5.41) is 5.71. The van der Waals surface area contributed by atoms with E-state index < -0.39 is 5.97 Å². The first-order chi connectivity index (χ1) is 14.9. The van der Waals surface area contributed by atoms with E-state index in [2.05, 4.69) is 15.4 Å². The normalized spacial score (nSPS) is 12.4. The molecule has 0 aromatic heterocycles. The van der Waals surface area contributed by atoms with Crippen LogP contribution in [0, 0.1) is 6.92 Å². The summed E-state index contributed by atoms with van der Waals surface area (Å²) in [6, 6.07) is 10.8. The Hall–Kier alpha value is -3.55. The van der Waals surface area contributed by atoms with Crippen LogP contribution in [-0.4, -0.2) is 38.1 Å². The third-order valence-corrected chi connectivity index (χ3v) is 4.85. The average molecular weight is 426 g/mol. The summed E-state index contributed by atoms with van der Waals surface area (Å²) in [7, 11) is 1.30. The summed E-state index contributed by atoms with van der Waals surface area (Å²) in [6.45, 7) is 2.10. The van der Waals surface area contributed by atoms with Crippen LogP contribution in [0.15, 0.2) is 36.4 Å². The van der Waals surface area contributed by atoms with Gasteiger partial charge in [0.05, 0.1) is 13.7 Å². The number of carbonyl (C=O) groups excluding carboxylic acids is 3. The van der Waals surface area contributed by atoms with Crippen LogP contribution in [0.1, 0.15) is 30.4 Å². The molecule has 1 heterocycles. The minimum absolute atomic E-state index is 0.0331. The Kier molecular flexibility index (Phi) is 7.48. The van der Waals surface area contributed by atoms with E-state index in [1.165, 1.54) is 7.11 Å². The molecule has 8 heteroatoms. The van der Waals surface area contributed by atoms with E-state index in [1.807, 2.05) is 25.1 Å². The minimum Gasteiger partial charge on any atom is -0.494 e. The summed E-state index contributed by atoms with van der Waals surface area (Å²) in [4.78, 5) is 34.8. The highest BCUT2D eigenvalue weighted by atomic mass is 16.6. The van der Waals surface area contributed by atoms with E-state index >= 15 is 0 Å². The Balaban J connectivity index is 1.41. The Labute approximate surface area is 180 Å². The summed E-state index contributed by atoms with van der Waals surface area (Å²) in [6.07, 6.45) is 2.07. The lowest BCUT2D eigenvalue weighted by molar-refractivity contribution is -0.142. The van der Waals surface area contributed by atoms with Crippen molar-refractivity contribution in [3.8, 4) is 11.5 Å². The molecule has 2 N–H and O–H groups in total. The molecule has 8 nitrogen and oxygen atoms in total. The Bertz CT molecular complexity index is 973. The molecule has 0 saturated carbocycles. The quantitative estimate of drug-likeness (QED) is 0.471. The number of rotatable bonds is 9. The molecule has 0 spiro atoms. The maximum atomic E-state index is 12.2. The van der Waals surface area contributed by atoms with E-state index in [0.29, 0.717) is 43.7 Å². The first kappa shape index (κ1) is 22.1. The molecule has 0 saturated heterocycles. The van der Waals surface area contributed by atoms with E-state index in [4.69, 9.17) is 9.47 Å². The van der Waals surface area contributed by atoms with Crippen LogP contribution in [0.25, 0.3) is 0 Å². The number of benzene rings is 2. The van der Waals surface area contributed by atoms with Crippen LogP contribution >= 0.6 is 0 Å². The second-order valence-corrected chi connectivity index (χ2v) is 7.21. The number of nitrogens with one attached hydrogen (secondary N) is 2. The smallest absolute Gasteiger partial charge is 0.343 e. The van der Waals surface area contributed by atoms with Gasteiger partial charge in [-0.3, -0.25) is 9.59 Å². The molecule has 0 fully saturated rings. The van der Waals surface area contributed by atoms with E-state index in [1.54, 1.807) is 18.2 Å². The summed E-state index contributed by atoms with van der Waals surface area (Å²) < 4.78 is 15.6. The van der Waals surface area contributed by atoms with Gasteiger partial charge in [-0.25, -0.2) is 4.79 Å². The van der Waals surface area contributed by atoms with Gasteiger partial charge in [0.15, 0.2) is 6.61 Å². The summed E-state index contributed by atoms with van der Waals surface area (Å²) >= 11 is 0. The topological polar surface area (TPSA) is 103 Å². The van der Waals surface area contributed by atoms with Gasteiger partial charge in [-0.05, 0) is 67.3 Å². The number of aryl methyl sites for hydroxylation is 2. The highest BCUT2D eigenvalue weighted by molar-refractivity contribution is 5.94. The lowest BCUT2D eigenvalue weighted by Crippen LogP contribution is -2.18. The van der Waals surface area contributed by atoms with Crippen LogP contribution in [-0.2, 0) is 25.5 Å². The van der Waals surface area contributed by atoms with Crippen LogP contribution in [0.5, 0.6) is 11.5 Å². The van der Waals surface area contributed by atoms with Crippen molar-refractivity contribution in [3.63, 3.8) is 0 Å². The van der Waals surface area contributed by atoms with Gasteiger partial charge in [0.25, 0.3) is 0 Å². The van der Waals surface area contributed by atoms with Crippen molar-refractivity contribution >= 4 is 29.2 Å². The van der Waals surface area contributed by atoms with Gasteiger partial charge in [-0.15, -0.1) is 0 Å². The highest BCUT2D eigenvalue weighted by Crippen LogP contribution is 2.27. The molecular weight excluding hydrogens is 400 g/mol. The highest BCUT2D eigenvalue weighted by Gasteiger charge is 2.15. The Morgan fingerprint density at radius 1 is 1.06 bits per heavy atom. The van der Waals surface area contributed by atoms with Crippen molar-refractivity contribution in [2.24, 2.45) is 0 Å². The first-order valence-corrected chi connectivity index (χ1v) is 10.1. The van der Waals surface area contributed by atoms with Crippen LogP contribution in [0.4, 0.5) is 11.4 Å². The van der Waals surface area contributed by atoms with Crippen molar-refractivity contribution in [1.82, 2.24) is 0 Å². The second-order valence-electron chi connectivity index (χ2n) is 7.21. The standard InChI is InChI=1S/C23H26N2O6/c1-15-12-17(31-14-23(28)29-2)6-8-19(15)24-21(26)4-3-11-30-18-7-9-20-16(13-18)5-10-22(27)25-20/h6-9,12-13H,3-5,10-11,14H2,1-2H3,(H,24,26)(H,25,27). The van der Waals surface area contributed by atoms with E-state index in [-0.39, 0.29) is 18.4 Å². The van der Waals surface area contributed by atoms with Crippen molar-refractivity contribution in [2.75, 3.05) is 31.0 Å². The average Bonchev–Trinajstić information content (AvgIpc) is 2.76. The zero-order valence-electron chi connectivity index (χ0n) is 17.7. The number of carbonyl (C=O) groups is 3. The molecule has 2 amide bonds. The first-order valence-electron chi connectivity index (χ1n) is 10.1. The molecule has 2 aromatic rings. The van der Waals surface area contributed by atoms with Crippen molar-refractivity contribution in [2.45, 2.75) is 32.6 Å². The molecular formula is C23H26N2O6. The fourth-order valence-corrected chi connectivity index (χ4v) is 3.15. The maximum absolute atomic E-state index is 12.2. The molecule has 3 rings (SSSR count). The van der Waals surface area contributed by atoms with Gasteiger partial charge in [-0.1, -0.05) is 0 Å². The van der Waals surface area contributed by atoms with Gasteiger partial charge in [0.2, 0.25) is 11.8 Å². The molecule has 0 aliphatic carbocycles. The minimum atomic E-state index is -0.459. The number of hydrogen-bond acceptors (Lipinski definition) is 6. The molecule has 0 unspecified atom stereocenters. The molecule has 1 aliphatic heterocycles. The summed E-state index contributed by atoms with van der Waals surface area (Å²) in [5.41, 5.74) is 3.41. The van der Waals surface area contributed by atoms with Crippen LogP contribution in [0.2, 0.25) is 0 Å². The fraction of sp³-hybridized carbons (Fsp3) is 0.348. The number of anilines is 2. The Morgan fingerprint density at radius 2 is 1.84 bits per heavy atom. The number of fused-ring (bicyclic) bond motifs is 1. The molecule has 31 heavy (non-hydrogen) atoms. The predicted molar refractivity (Wildman–Crippen MR) is 115 cm³/mol. The zero-order chi connectivity index (χ0) is 22.2. The number of ether oxygens (including phenoxy) is 3. The third-order valence-electron chi connectivity index (χ3n) is 4.85. The zero-order valence-corrected chi connectivity index (χ0v) is 17.7. The van der Waals surface area contributed by atoms with Gasteiger partial charge in [0.1, 0.15) is 11.5 Å². The molecule has 0 radical (unpaired) electrons. The van der Waals surface area contributed by atoms with E-state index in [0.717, 1.165) is 22.6 Å². The Morgan fingerprint density at radius 3 is 2.61 bits per heavy atom. The molecule has 2 aromatic carbocycles. The number of esters is 1. The largest absolute Gasteiger partial charge is 0.494 e. The van der Waals surface area contributed by atoms with Crippen molar-refractivity contribution in [3.05, 3.63) is 47.5 Å². The van der Waals surface area contributed by atoms with Gasteiger partial charge in [0, 0.05) is 24.2 Å². The van der Waals surface area contributed by atoms with Gasteiger partial charge < -0.3 is 24.8 Å². The number of amides is 2. The molecule has 0 atom stereocenters. The SMILES string of the molecule is COC(=O)COc1ccc(NC(=O)CCCOc2ccc3c(c2)CCC(=O)N3)c(C)c1. The lowest BCUT2D eigenvalue weighted by Gasteiger charge is -2.17. The maximum Gasteiger partial charge on any atom is 0.343 e. The molecule has 1 aliphatic rings. The van der Waals surface area contributed by atoms with Gasteiger partial charge in [-0.2, -0.15) is 0 Å². The fourth-order valence-electron chi connectivity index (χ4n) is 3.15. The number of methoxy groups -OCH3 is 1. The van der Waals surface area contributed by atoms with Crippen LogP contribution in [0.3, 0.4) is 0 Å². The predicted octanol–water partition coefficient (Wildman–Crippen LogP) is 3.23. The van der Waals surface area contributed by atoms with Crippen molar-refractivity contribution in [1.29, 1.82) is 0 Å². The second kappa shape index (κ2) is 10.5. The lowest BCUT2D eigenvalue weighted by atomic mass is 10.0. The third kappa shape index (κ3) is 6.47. The van der Waals surface area contributed by atoms with Gasteiger partial charge >= 0.3 is 5.97 Å². The monoisotopic (exact) mass is 426 g/mol. The summed E-state index contributed by atoms with van der Waals surface area (Å²) in [5.74, 6) is 0.723. The number of hydrogen-bond donors (Lipinski definition) is 2. The molecule has 164 valence electrons. The van der Waals surface area contributed by atoms with Crippen LogP contribution < -0.4 is 20.1 Å². The molecule has 0 bridgehead atoms. The van der Waals surface area contributed by atoms with E-state index in [9.17, 15) is 14.4 Å². The van der Waals surface area contributed by atoms with Crippen molar-refractivity contribution < 1.29 is 28.6 Å².